The lowest BCUT2D eigenvalue weighted by Crippen LogP contribution is -2.45. The van der Waals surface area contributed by atoms with E-state index in [0.29, 0.717) is 12.8 Å². The van der Waals surface area contributed by atoms with Crippen LogP contribution in [0.2, 0.25) is 0 Å². The summed E-state index contributed by atoms with van der Waals surface area (Å²) >= 11 is 0. The largest absolute Gasteiger partial charge is 0.472 e. The molecule has 0 aromatic rings. The van der Waals surface area contributed by atoms with Crippen molar-refractivity contribution in [1.82, 2.24) is 5.32 Å². The molecular weight excluding hydrogens is 611 g/mol. The Morgan fingerprint density at radius 3 is 1.81 bits per heavy atom. The average Bonchev–Trinajstić information content (AvgIpc) is 3.05. The molecule has 1 amide bonds. The molecule has 3 atom stereocenters. The lowest BCUT2D eigenvalue weighted by Gasteiger charge is -2.23. The molecule has 47 heavy (non-hydrogen) atoms. The van der Waals surface area contributed by atoms with Crippen molar-refractivity contribution >= 4 is 13.7 Å². The van der Waals surface area contributed by atoms with Crippen LogP contribution in [0, 0.1) is 0 Å². The summed E-state index contributed by atoms with van der Waals surface area (Å²) in [5.41, 5.74) is 5.35. The van der Waals surface area contributed by atoms with Crippen molar-refractivity contribution in [3.05, 3.63) is 60.8 Å². The summed E-state index contributed by atoms with van der Waals surface area (Å²) in [6.45, 7) is 3.95. The van der Waals surface area contributed by atoms with Gasteiger partial charge in [-0.15, -0.1) is 0 Å². The number of carbonyl (C=O) groups excluding carboxylic acids is 1. The van der Waals surface area contributed by atoms with E-state index in [0.717, 1.165) is 57.8 Å². The highest BCUT2D eigenvalue weighted by atomic mass is 31.2. The van der Waals surface area contributed by atoms with Crippen molar-refractivity contribution in [1.29, 1.82) is 0 Å². The molecule has 272 valence electrons. The Bertz CT molecular complexity index is 918. The summed E-state index contributed by atoms with van der Waals surface area (Å²) in [6, 6.07) is -0.882. The number of nitrogens with two attached hydrogens (primary N) is 1. The van der Waals surface area contributed by atoms with Crippen LogP contribution in [0.4, 0.5) is 0 Å². The number of carbonyl (C=O) groups is 1. The fourth-order valence-electron chi connectivity index (χ4n) is 4.83. The molecule has 0 aliphatic heterocycles. The molecule has 9 heteroatoms. The van der Waals surface area contributed by atoms with Crippen LogP contribution in [0.1, 0.15) is 142 Å². The van der Waals surface area contributed by atoms with Gasteiger partial charge in [0.2, 0.25) is 5.91 Å². The van der Waals surface area contributed by atoms with Gasteiger partial charge in [-0.05, 0) is 57.8 Å². The molecule has 0 radical (unpaired) electrons. The number of amides is 1. The van der Waals surface area contributed by atoms with Gasteiger partial charge in [-0.1, -0.05) is 139 Å². The molecule has 0 heterocycles. The lowest BCUT2D eigenvalue weighted by atomic mass is 10.0. The summed E-state index contributed by atoms with van der Waals surface area (Å²) in [7, 11) is -4.34. The van der Waals surface area contributed by atoms with E-state index in [4.69, 9.17) is 14.8 Å². The average molecular weight is 681 g/mol. The Hall–Kier alpha value is -1.80. The number of hydrogen-bond donors (Lipinski definition) is 4. The maximum atomic E-state index is 12.7. The van der Waals surface area contributed by atoms with E-state index in [1.807, 2.05) is 6.08 Å². The molecule has 0 aliphatic carbocycles. The number of rotatable bonds is 33. The number of aliphatic hydroxyl groups excluding tert-OH is 1. The van der Waals surface area contributed by atoms with Crippen molar-refractivity contribution in [2.75, 3.05) is 19.8 Å². The van der Waals surface area contributed by atoms with E-state index in [1.54, 1.807) is 6.08 Å². The van der Waals surface area contributed by atoms with Gasteiger partial charge in [0, 0.05) is 13.0 Å². The summed E-state index contributed by atoms with van der Waals surface area (Å²) in [4.78, 5) is 22.5. The summed E-state index contributed by atoms with van der Waals surface area (Å²) in [6.07, 6.45) is 41.2. The summed E-state index contributed by atoms with van der Waals surface area (Å²) in [5.74, 6) is -0.239. The van der Waals surface area contributed by atoms with E-state index >= 15 is 0 Å². The lowest BCUT2D eigenvalue weighted by molar-refractivity contribution is -0.123. The standard InChI is InChI=1S/C38H69N2O6P/c1-3-5-7-9-11-13-15-17-18-20-22-24-26-28-30-32-38(42)40-36(35-46-47(43,44)45-34-33-39)37(41)31-29-27-25-23-21-19-16-14-12-10-8-6-4-2/h5,7,11,13,17-18,22,24,29,31,36-37,41H,3-4,6,8-10,12,14-16,19-21,23,25-28,30,32-35,39H2,1-2H3,(H,40,42)(H,43,44)/b7-5-,13-11-,18-17-,24-22-,31-29+. The predicted octanol–water partition coefficient (Wildman–Crippen LogP) is 9.55. The first-order valence-corrected chi connectivity index (χ1v) is 19.9. The fraction of sp³-hybridized carbons (Fsp3) is 0.711. The van der Waals surface area contributed by atoms with Gasteiger partial charge in [-0.25, -0.2) is 4.57 Å². The predicted molar refractivity (Wildman–Crippen MR) is 198 cm³/mol. The zero-order valence-electron chi connectivity index (χ0n) is 29.7. The number of nitrogens with one attached hydrogen (secondary N) is 1. The number of phosphoric ester groups is 1. The van der Waals surface area contributed by atoms with Gasteiger partial charge in [0.15, 0.2) is 0 Å². The molecule has 0 fully saturated rings. The Morgan fingerprint density at radius 1 is 0.723 bits per heavy atom. The maximum Gasteiger partial charge on any atom is 0.472 e. The molecule has 0 saturated carbocycles. The van der Waals surface area contributed by atoms with Gasteiger partial charge in [0.1, 0.15) is 0 Å². The molecule has 3 unspecified atom stereocenters. The number of hydrogen-bond acceptors (Lipinski definition) is 6. The van der Waals surface area contributed by atoms with Crippen molar-refractivity contribution < 1.29 is 28.4 Å². The third-order valence-corrected chi connectivity index (χ3v) is 8.58. The molecule has 5 N–H and O–H groups in total. The van der Waals surface area contributed by atoms with Gasteiger partial charge in [0.25, 0.3) is 0 Å². The Morgan fingerprint density at radius 2 is 1.23 bits per heavy atom. The third-order valence-electron chi connectivity index (χ3n) is 7.60. The molecule has 0 aliphatic rings. The van der Waals surface area contributed by atoms with Crippen LogP contribution >= 0.6 is 7.82 Å². The zero-order valence-corrected chi connectivity index (χ0v) is 30.6. The first-order valence-electron chi connectivity index (χ1n) is 18.4. The monoisotopic (exact) mass is 680 g/mol. The number of phosphoric acid groups is 1. The second-order valence-corrected chi connectivity index (χ2v) is 13.5. The highest BCUT2D eigenvalue weighted by molar-refractivity contribution is 7.47. The smallest absolute Gasteiger partial charge is 0.387 e. The number of allylic oxidation sites excluding steroid dienone is 9. The number of aliphatic hydroxyl groups is 1. The normalized spacial score (nSPS) is 15.1. The fourth-order valence-corrected chi connectivity index (χ4v) is 5.59. The van der Waals surface area contributed by atoms with Gasteiger partial charge in [-0.3, -0.25) is 13.8 Å². The van der Waals surface area contributed by atoms with Crippen molar-refractivity contribution in [3.8, 4) is 0 Å². The Balaban J connectivity index is 4.44. The van der Waals surface area contributed by atoms with Gasteiger partial charge >= 0.3 is 7.82 Å². The number of unbranched alkanes of at least 4 members (excludes halogenated alkanes) is 13. The quantitative estimate of drug-likeness (QED) is 0.0308. The van der Waals surface area contributed by atoms with Crippen molar-refractivity contribution in [2.45, 2.75) is 154 Å². The van der Waals surface area contributed by atoms with Crippen LogP contribution in [0.3, 0.4) is 0 Å². The first kappa shape index (κ1) is 45.2. The molecule has 0 aromatic heterocycles. The Labute approximate surface area is 287 Å². The van der Waals surface area contributed by atoms with Crippen LogP contribution in [0.15, 0.2) is 60.8 Å². The second kappa shape index (κ2) is 34.1. The highest BCUT2D eigenvalue weighted by Gasteiger charge is 2.26. The summed E-state index contributed by atoms with van der Waals surface area (Å²) in [5, 5.41) is 13.6. The first-order chi connectivity index (χ1) is 22.9. The van der Waals surface area contributed by atoms with E-state index in [1.165, 1.54) is 57.8 Å². The van der Waals surface area contributed by atoms with Crippen molar-refractivity contribution in [3.63, 3.8) is 0 Å². The highest BCUT2D eigenvalue weighted by Crippen LogP contribution is 2.43. The van der Waals surface area contributed by atoms with Crippen LogP contribution in [0.5, 0.6) is 0 Å². The molecular formula is C38H69N2O6P. The summed E-state index contributed by atoms with van der Waals surface area (Å²) < 4.78 is 22.0. The second-order valence-electron chi connectivity index (χ2n) is 12.0. The molecule has 0 spiro atoms. The van der Waals surface area contributed by atoms with Gasteiger partial charge in [-0.2, -0.15) is 0 Å². The zero-order chi connectivity index (χ0) is 34.7. The minimum atomic E-state index is -4.34. The minimum absolute atomic E-state index is 0.0688. The maximum absolute atomic E-state index is 12.7. The van der Waals surface area contributed by atoms with Gasteiger partial charge in [0.05, 0.1) is 25.4 Å². The van der Waals surface area contributed by atoms with Crippen LogP contribution in [-0.2, 0) is 18.4 Å². The van der Waals surface area contributed by atoms with E-state index in [9.17, 15) is 19.4 Å². The SMILES string of the molecule is CC/C=C\C/C=C\C/C=C\C/C=C\CCCCC(=O)NC(COP(=O)(O)OCCN)C(O)/C=C/CCCCCCCCCCCCC. The third kappa shape index (κ3) is 32.5. The van der Waals surface area contributed by atoms with E-state index in [2.05, 4.69) is 67.8 Å². The van der Waals surface area contributed by atoms with E-state index in [-0.39, 0.29) is 25.7 Å². The van der Waals surface area contributed by atoms with Crippen molar-refractivity contribution in [2.24, 2.45) is 5.73 Å². The molecule has 0 rings (SSSR count). The molecule has 0 aromatic carbocycles. The molecule has 0 saturated heterocycles. The molecule has 8 nitrogen and oxygen atoms in total. The topological polar surface area (TPSA) is 131 Å². The Kier molecular flexibility index (Phi) is 32.8. The van der Waals surface area contributed by atoms with Crippen LogP contribution in [0.25, 0.3) is 0 Å². The van der Waals surface area contributed by atoms with E-state index < -0.39 is 20.0 Å². The van der Waals surface area contributed by atoms with Crippen LogP contribution in [-0.4, -0.2) is 47.8 Å². The molecule has 0 bridgehead atoms. The van der Waals surface area contributed by atoms with Crippen LogP contribution < -0.4 is 11.1 Å². The minimum Gasteiger partial charge on any atom is -0.387 e. The van der Waals surface area contributed by atoms with Gasteiger partial charge < -0.3 is 21.1 Å².